The highest BCUT2D eigenvalue weighted by Crippen LogP contribution is 2.14. The second-order valence-corrected chi connectivity index (χ2v) is 2.93. The fourth-order valence-electron chi connectivity index (χ4n) is 1.22. The van der Waals surface area contributed by atoms with Gasteiger partial charge in [-0.1, -0.05) is 6.58 Å². The van der Waals surface area contributed by atoms with E-state index in [1.165, 1.54) is 24.0 Å². The first kappa shape index (κ1) is 10.1. The fourth-order valence-corrected chi connectivity index (χ4v) is 1.22. The van der Waals surface area contributed by atoms with Gasteiger partial charge in [0.2, 0.25) is 0 Å². The Hall–Kier alpha value is -2.44. The topological polar surface area (TPSA) is 89.6 Å². The van der Waals surface area contributed by atoms with E-state index in [9.17, 15) is 4.79 Å². The van der Waals surface area contributed by atoms with Crippen LogP contribution in [0.5, 0.6) is 0 Å². The highest BCUT2D eigenvalue weighted by atomic mass is 16.5. The lowest BCUT2D eigenvalue weighted by atomic mass is 10.3. The van der Waals surface area contributed by atoms with Crippen LogP contribution in [0.2, 0.25) is 0 Å². The lowest BCUT2D eigenvalue weighted by molar-refractivity contribution is 0.0690. The maximum atomic E-state index is 10.8. The summed E-state index contributed by atoms with van der Waals surface area (Å²) in [5, 5.41) is 12.8. The van der Waals surface area contributed by atoms with Crippen molar-refractivity contribution in [2.24, 2.45) is 0 Å². The van der Waals surface area contributed by atoms with E-state index >= 15 is 0 Å². The van der Waals surface area contributed by atoms with Crippen LogP contribution in [0.3, 0.4) is 0 Å². The van der Waals surface area contributed by atoms with E-state index < -0.39 is 5.97 Å². The summed E-state index contributed by atoms with van der Waals surface area (Å²) < 4.78 is 6.30. The second-order valence-electron chi connectivity index (χ2n) is 2.93. The molecule has 0 amide bonds. The second kappa shape index (κ2) is 3.61. The Morgan fingerprint density at radius 2 is 2.38 bits per heavy atom. The van der Waals surface area contributed by atoms with Gasteiger partial charge >= 0.3 is 5.97 Å². The molecule has 0 unspecified atom stereocenters. The zero-order chi connectivity index (χ0) is 11.7. The van der Waals surface area contributed by atoms with Crippen molar-refractivity contribution in [1.29, 1.82) is 0 Å². The molecule has 0 saturated carbocycles. The quantitative estimate of drug-likeness (QED) is 0.755. The Balaban J connectivity index is 2.73. The number of nitrogens with zero attached hydrogens (tertiary/aromatic N) is 4. The van der Waals surface area contributed by atoms with Gasteiger partial charge in [0.1, 0.15) is 17.8 Å². The normalized spacial score (nSPS) is 10.3. The highest BCUT2D eigenvalue weighted by molar-refractivity contribution is 5.86. The number of hydrogen-bond acceptors (Lipinski definition) is 5. The van der Waals surface area contributed by atoms with Crippen molar-refractivity contribution in [2.45, 2.75) is 0 Å². The van der Waals surface area contributed by atoms with Gasteiger partial charge in [-0.3, -0.25) is 0 Å². The molecule has 0 bridgehead atoms. The minimum absolute atomic E-state index is 0.131. The number of carboxylic acids is 1. The van der Waals surface area contributed by atoms with Crippen LogP contribution in [0.4, 0.5) is 0 Å². The summed E-state index contributed by atoms with van der Waals surface area (Å²) in [7, 11) is 1.44. The molecule has 82 valence electrons. The van der Waals surface area contributed by atoms with Gasteiger partial charge in [-0.15, -0.1) is 0 Å². The molecule has 2 aromatic rings. The van der Waals surface area contributed by atoms with E-state index in [-0.39, 0.29) is 11.5 Å². The van der Waals surface area contributed by atoms with Gasteiger partial charge in [-0.2, -0.15) is 14.6 Å². The lowest BCUT2D eigenvalue weighted by Crippen LogP contribution is -2.08. The van der Waals surface area contributed by atoms with E-state index in [0.29, 0.717) is 11.5 Å². The first-order valence-electron chi connectivity index (χ1n) is 4.31. The first-order valence-corrected chi connectivity index (χ1v) is 4.31. The molecule has 2 aromatic heterocycles. The molecular formula is C9H8N4O3. The minimum Gasteiger partial charge on any atom is -0.495 e. The number of methoxy groups -OCH3 is 1. The molecule has 0 fully saturated rings. The number of carbonyl (C=O) groups is 1. The van der Waals surface area contributed by atoms with Crippen LogP contribution in [-0.2, 0) is 4.74 Å². The van der Waals surface area contributed by atoms with E-state index in [0.717, 1.165) is 0 Å². The predicted octanol–water partition coefficient (Wildman–Crippen LogP) is 0.440. The average molecular weight is 220 g/mol. The Labute approximate surface area is 90.0 Å². The van der Waals surface area contributed by atoms with Crippen molar-refractivity contribution in [3.8, 4) is 0 Å². The molecule has 1 N–H and O–H groups in total. The predicted molar refractivity (Wildman–Crippen MR) is 53.8 cm³/mol. The van der Waals surface area contributed by atoms with E-state index in [1.54, 1.807) is 0 Å². The van der Waals surface area contributed by atoms with Gasteiger partial charge in [-0.25, -0.2) is 9.78 Å². The highest BCUT2D eigenvalue weighted by Gasteiger charge is 2.14. The van der Waals surface area contributed by atoms with Crippen molar-refractivity contribution < 1.29 is 14.6 Å². The monoisotopic (exact) mass is 220 g/mol. The lowest BCUT2D eigenvalue weighted by Gasteiger charge is -2.06. The number of ether oxygens (including phenoxy) is 1. The van der Waals surface area contributed by atoms with Crippen LogP contribution in [0.1, 0.15) is 16.2 Å². The Morgan fingerprint density at radius 3 is 3.00 bits per heavy atom. The summed E-state index contributed by atoms with van der Waals surface area (Å²) in [6, 6.07) is 1.33. The van der Waals surface area contributed by atoms with Gasteiger partial charge in [0.25, 0.3) is 5.78 Å². The van der Waals surface area contributed by atoms with Crippen molar-refractivity contribution >= 4 is 17.5 Å². The molecule has 0 atom stereocenters. The van der Waals surface area contributed by atoms with Crippen molar-refractivity contribution in [2.75, 3.05) is 7.11 Å². The number of aromatic nitrogens is 4. The molecule has 0 spiro atoms. The maximum absolute atomic E-state index is 10.8. The summed E-state index contributed by atoms with van der Waals surface area (Å²) >= 11 is 0. The molecule has 7 nitrogen and oxygen atoms in total. The Bertz CT molecular complexity index is 575. The molecular weight excluding hydrogens is 212 g/mol. The number of carboxylic acid groups (broad SMARTS) is 1. The number of aromatic carboxylic acids is 1. The molecule has 0 saturated heterocycles. The first-order chi connectivity index (χ1) is 7.63. The molecule has 7 heteroatoms. The van der Waals surface area contributed by atoms with Crippen molar-refractivity contribution in [3.05, 3.63) is 30.4 Å². The molecule has 0 aliphatic rings. The summed E-state index contributed by atoms with van der Waals surface area (Å²) in [5.41, 5.74) is 0.274. The van der Waals surface area contributed by atoms with Gasteiger partial charge in [0.05, 0.1) is 7.11 Å². The summed E-state index contributed by atoms with van der Waals surface area (Å²) in [6.07, 6.45) is 1.28. The number of rotatable bonds is 3. The van der Waals surface area contributed by atoms with E-state index in [1.807, 2.05) is 0 Å². The summed E-state index contributed by atoms with van der Waals surface area (Å²) in [5.74, 6) is -0.663. The molecule has 0 aliphatic carbocycles. The van der Waals surface area contributed by atoms with Crippen LogP contribution < -0.4 is 0 Å². The van der Waals surface area contributed by atoms with Crippen LogP contribution in [-0.4, -0.2) is 37.8 Å². The average Bonchev–Trinajstić information content (AvgIpc) is 2.74. The van der Waals surface area contributed by atoms with E-state index in [2.05, 4.69) is 21.6 Å². The van der Waals surface area contributed by atoms with Gasteiger partial charge in [0, 0.05) is 6.07 Å². The zero-order valence-corrected chi connectivity index (χ0v) is 8.41. The largest absolute Gasteiger partial charge is 0.495 e. The fraction of sp³-hybridized carbons (Fsp3) is 0.111. The van der Waals surface area contributed by atoms with Crippen LogP contribution in [0, 0.1) is 0 Å². The molecule has 2 heterocycles. The molecule has 16 heavy (non-hydrogen) atoms. The Morgan fingerprint density at radius 1 is 1.62 bits per heavy atom. The third-order valence-electron chi connectivity index (χ3n) is 2.00. The smallest absolute Gasteiger partial charge is 0.354 e. The zero-order valence-electron chi connectivity index (χ0n) is 8.41. The van der Waals surface area contributed by atoms with Crippen molar-refractivity contribution in [3.63, 3.8) is 0 Å². The molecule has 0 aliphatic heterocycles. The summed E-state index contributed by atoms with van der Waals surface area (Å²) in [4.78, 5) is 18.5. The van der Waals surface area contributed by atoms with Crippen LogP contribution in [0.15, 0.2) is 19.0 Å². The van der Waals surface area contributed by atoms with Crippen molar-refractivity contribution in [1.82, 2.24) is 19.6 Å². The number of hydrogen-bond donors (Lipinski definition) is 1. The third kappa shape index (κ3) is 1.48. The van der Waals surface area contributed by atoms with Gasteiger partial charge in [-0.05, 0) is 0 Å². The van der Waals surface area contributed by atoms with Gasteiger partial charge in [0.15, 0.2) is 5.69 Å². The molecule has 0 aromatic carbocycles. The minimum atomic E-state index is -1.14. The van der Waals surface area contributed by atoms with E-state index in [4.69, 9.17) is 9.84 Å². The Kier molecular flexibility index (Phi) is 2.28. The van der Waals surface area contributed by atoms with Crippen LogP contribution >= 0.6 is 0 Å². The standard InChI is InChI=1S/C9H8N4O3/c1-5(16-2)7-3-6(8(14)15)12-9-10-4-11-13(7)9/h3-4H,1H2,2H3,(H,14,15). The SMILES string of the molecule is C=C(OC)c1cc(C(=O)O)nc2ncnn12. The van der Waals surface area contributed by atoms with Crippen LogP contribution in [0.25, 0.3) is 11.5 Å². The van der Waals surface area contributed by atoms with Gasteiger partial charge < -0.3 is 9.84 Å². The third-order valence-corrected chi connectivity index (χ3v) is 2.00. The molecule has 0 radical (unpaired) electrons. The summed E-state index contributed by atoms with van der Waals surface area (Å²) in [6.45, 7) is 3.64. The number of fused-ring (bicyclic) bond motifs is 1. The molecule has 2 rings (SSSR count). The maximum Gasteiger partial charge on any atom is 0.354 e.